The summed E-state index contributed by atoms with van der Waals surface area (Å²) in [7, 11) is 0. The van der Waals surface area contributed by atoms with Crippen LogP contribution in [0.4, 0.5) is 0 Å². The van der Waals surface area contributed by atoms with Crippen LogP contribution in [-0.4, -0.2) is 0 Å². The van der Waals surface area contributed by atoms with Crippen molar-refractivity contribution in [2.45, 2.75) is 0 Å². The largest absolute Gasteiger partial charge is 0.135 e. The molecule has 0 atom stereocenters. The molecule has 0 saturated carbocycles. The highest BCUT2D eigenvalue weighted by molar-refractivity contribution is 7.26. The van der Waals surface area contributed by atoms with Gasteiger partial charge >= 0.3 is 0 Å². The lowest BCUT2D eigenvalue weighted by Gasteiger charge is -2.26. The summed E-state index contributed by atoms with van der Waals surface area (Å²) < 4.78 is 5.29. The molecule has 2 aromatic heterocycles. The topological polar surface area (TPSA) is 0 Å². The third-order valence-corrected chi connectivity index (χ3v) is 18.8. The Labute approximate surface area is 434 Å². The third kappa shape index (κ3) is 5.67. The average molecular weight is 969 g/mol. The van der Waals surface area contributed by atoms with Crippen LogP contribution in [0.5, 0.6) is 0 Å². The zero-order valence-corrected chi connectivity index (χ0v) is 41.5. The third-order valence-electron chi connectivity index (χ3n) is 16.4. The minimum atomic E-state index is 1.22. The minimum Gasteiger partial charge on any atom is -0.135 e. The van der Waals surface area contributed by atoms with Crippen LogP contribution < -0.4 is 0 Å². The number of hydrogen-bond acceptors (Lipinski definition) is 2. The van der Waals surface area contributed by atoms with Gasteiger partial charge in [0, 0.05) is 40.3 Å². The molecule has 74 heavy (non-hydrogen) atoms. The molecule has 0 fully saturated rings. The Morgan fingerprint density at radius 1 is 0.162 bits per heavy atom. The van der Waals surface area contributed by atoms with Gasteiger partial charge in [0.05, 0.1) is 0 Å². The molecule has 0 saturated heterocycles. The van der Waals surface area contributed by atoms with E-state index in [1.807, 2.05) is 22.7 Å². The summed E-state index contributed by atoms with van der Waals surface area (Å²) in [5.74, 6) is 0. The molecule has 2 heteroatoms. The summed E-state index contributed by atoms with van der Waals surface area (Å²) in [5, 5.41) is 20.6. The van der Waals surface area contributed by atoms with Crippen molar-refractivity contribution in [2.75, 3.05) is 0 Å². The maximum Gasteiger partial charge on any atom is 0.0433 e. The van der Waals surface area contributed by atoms with E-state index in [2.05, 4.69) is 243 Å². The van der Waals surface area contributed by atoms with E-state index in [0.717, 1.165) is 0 Å². The lowest BCUT2D eigenvalue weighted by molar-refractivity contribution is 1.54. The first kappa shape index (κ1) is 40.7. The van der Waals surface area contributed by atoms with Crippen LogP contribution in [0.2, 0.25) is 0 Å². The lowest BCUT2D eigenvalue weighted by atomic mass is 9.77. The second-order valence-electron chi connectivity index (χ2n) is 20.2. The zero-order chi connectivity index (χ0) is 48.2. The van der Waals surface area contributed by atoms with E-state index >= 15 is 0 Å². The quantitative estimate of drug-likeness (QED) is 0.151. The maximum atomic E-state index is 2.55. The monoisotopic (exact) mass is 968 g/mol. The first-order valence-corrected chi connectivity index (χ1v) is 27.2. The molecule has 0 aliphatic heterocycles. The van der Waals surface area contributed by atoms with Gasteiger partial charge in [0.1, 0.15) is 0 Å². The van der Waals surface area contributed by atoms with Gasteiger partial charge in [-0.1, -0.05) is 194 Å². The molecule has 0 radical (unpaired) electrons. The second-order valence-corrected chi connectivity index (χ2v) is 22.3. The van der Waals surface area contributed by atoms with Gasteiger partial charge < -0.3 is 0 Å². The van der Waals surface area contributed by atoms with Gasteiger partial charge in [0.2, 0.25) is 0 Å². The minimum absolute atomic E-state index is 1.22. The number of hydrogen-bond donors (Lipinski definition) is 0. The molecule has 340 valence electrons. The SMILES string of the molecule is c1ccc2c(c1)sc1c(-c3ccc4c(c3)-c3cc5c6ccccc6c6ccccc6c5cc3-c3ccc(-c5cccc6c5sc5ccccc56)cc3-c3cc5c6ccccc6c6ccccc6c5cc3-4)cccc12. The highest BCUT2D eigenvalue weighted by atomic mass is 32.1. The molecule has 14 aromatic carbocycles. The molecular formula is C72H40S2. The van der Waals surface area contributed by atoms with Gasteiger partial charge in [-0.3, -0.25) is 0 Å². The van der Waals surface area contributed by atoms with Crippen LogP contribution in [0.25, 0.3) is 172 Å². The van der Waals surface area contributed by atoms with E-state index in [1.165, 1.54) is 172 Å². The van der Waals surface area contributed by atoms with Crippen LogP contribution in [0.1, 0.15) is 0 Å². The van der Waals surface area contributed by atoms with Crippen molar-refractivity contribution in [3.63, 3.8) is 0 Å². The van der Waals surface area contributed by atoms with Crippen LogP contribution in [0.3, 0.4) is 0 Å². The van der Waals surface area contributed by atoms with E-state index in [1.54, 1.807) is 0 Å². The highest BCUT2D eigenvalue weighted by Crippen LogP contribution is 2.54. The van der Waals surface area contributed by atoms with Gasteiger partial charge in [-0.2, -0.15) is 0 Å². The highest BCUT2D eigenvalue weighted by Gasteiger charge is 2.27. The second kappa shape index (κ2) is 15.3. The van der Waals surface area contributed by atoms with Crippen molar-refractivity contribution in [3.8, 4) is 66.8 Å². The normalized spacial score (nSPS) is 12.3. The molecular weight excluding hydrogens is 929 g/mol. The smallest absolute Gasteiger partial charge is 0.0433 e. The Balaban J connectivity index is 1.05. The number of fused-ring (bicyclic) bond motifs is 26. The van der Waals surface area contributed by atoms with Crippen LogP contribution in [0.15, 0.2) is 243 Å². The predicted octanol–water partition coefficient (Wildman–Crippen LogP) is 21.7. The summed E-state index contributed by atoms with van der Waals surface area (Å²) in [5.41, 5.74) is 14.9. The fraction of sp³-hybridized carbons (Fsp3) is 0. The van der Waals surface area contributed by atoms with Crippen LogP contribution in [0, 0.1) is 0 Å². The molecule has 1 aliphatic carbocycles. The summed E-state index contributed by atoms with van der Waals surface area (Å²) in [6.45, 7) is 0. The molecule has 0 spiro atoms. The molecule has 17 rings (SSSR count). The first-order valence-electron chi connectivity index (χ1n) is 25.6. The first-order chi connectivity index (χ1) is 36.7. The van der Waals surface area contributed by atoms with Crippen LogP contribution >= 0.6 is 22.7 Å². The molecule has 0 N–H and O–H groups in total. The Hall–Kier alpha value is -8.92. The number of benzene rings is 14. The molecule has 16 aromatic rings. The Morgan fingerprint density at radius 2 is 0.432 bits per heavy atom. The van der Waals surface area contributed by atoms with E-state index in [4.69, 9.17) is 0 Å². The molecule has 2 heterocycles. The van der Waals surface area contributed by atoms with Crippen LogP contribution in [-0.2, 0) is 0 Å². The summed E-state index contributed by atoms with van der Waals surface area (Å²) >= 11 is 3.80. The number of rotatable bonds is 2. The van der Waals surface area contributed by atoms with Crippen molar-refractivity contribution >= 4 is 128 Å². The summed E-state index contributed by atoms with van der Waals surface area (Å²) in [4.78, 5) is 0. The zero-order valence-electron chi connectivity index (χ0n) is 39.9. The summed E-state index contributed by atoms with van der Waals surface area (Å²) in [6, 6.07) is 92.4. The van der Waals surface area contributed by atoms with E-state index in [-0.39, 0.29) is 0 Å². The predicted molar refractivity (Wildman–Crippen MR) is 323 cm³/mol. The molecule has 0 unspecified atom stereocenters. The van der Waals surface area contributed by atoms with Gasteiger partial charge in [0.25, 0.3) is 0 Å². The fourth-order valence-electron chi connectivity index (χ4n) is 13.1. The van der Waals surface area contributed by atoms with Gasteiger partial charge in [-0.25, -0.2) is 0 Å². The van der Waals surface area contributed by atoms with Crippen molar-refractivity contribution in [1.29, 1.82) is 0 Å². The molecule has 0 nitrogen and oxygen atoms in total. The fourth-order valence-corrected chi connectivity index (χ4v) is 15.6. The summed E-state index contributed by atoms with van der Waals surface area (Å²) in [6.07, 6.45) is 0. The molecule has 0 amide bonds. The Morgan fingerprint density at radius 3 is 0.784 bits per heavy atom. The molecule has 0 bridgehead atoms. The number of thiophene rings is 2. The van der Waals surface area contributed by atoms with Crippen molar-refractivity contribution in [3.05, 3.63) is 243 Å². The van der Waals surface area contributed by atoms with E-state index in [0.29, 0.717) is 0 Å². The standard InChI is InChI=1S/C72H40S2/c1-5-19-49-45(15-1)47-17-3-7-21-51(47)63-39-67-60-36-42(44-26-14-28-58-56-24-10-12-30-70(56)74-72(44)58)32-34-54(60)66-38-62-50-20-6-2-16-46(50)48-18-4-8-22-52(48)64(62)40-68(66)59-35-41(31-33-53(59)65(67)37-61(49)63)43-25-13-27-57-55-23-9-11-29-69(55)73-71(43)57/h1-40H. The Bertz CT molecular complexity index is 4820. The van der Waals surface area contributed by atoms with Crippen molar-refractivity contribution < 1.29 is 0 Å². The van der Waals surface area contributed by atoms with Crippen molar-refractivity contribution in [2.24, 2.45) is 0 Å². The van der Waals surface area contributed by atoms with Crippen molar-refractivity contribution in [1.82, 2.24) is 0 Å². The van der Waals surface area contributed by atoms with Gasteiger partial charge in [0.15, 0.2) is 0 Å². The molecule has 1 aliphatic rings. The van der Waals surface area contributed by atoms with E-state index in [9.17, 15) is 0 Å². The maximum absolute atomic E-state index is 2.55. The lowest BCUT2D eigenvalue weighted by Crippen LogP contribution is -2.00. The van der Waals surface area contributed by atoms with Gasteiger partial charge in [-0.05, 0) is 180 Å². The van der Waals surface area contributed by atoms with E-state index < -0.39 is 0 Å². The van der Waals surface area contributed by atoms with Gasteiger partial charge in [-0.15, -0.1) is 22.7 Å². The Kier molecular flexibility index (Phi) is 8.41. The average Bonchev–Trinajstić information content (AvgIpc) is 4.06.